The lowest BCUT2D eigenvalue weighted by Gasteiger charge is -2.25. The summed E-state index contributed by atoms with van der Waals surface area (Å²) in [5.41, 5.74) is -0.515. The van der Waals surface area contributed by atoms with E-state index in [2.05, 4.69) is 0 Å². The molecule has 1 aliphatic rings. The first-order valence-electron chi connectivity index (χ1n) is 8.13. The first-order chi connectivity index (χ1) is 8.77. The van der Waals surface area contributed by atoms with E-state index in [1.807, 2.05) is 19.1 Å². The molecule has 1 rings (SSSR count). The summed E-state index contributed by atoms with van der Waals surface area (Å²) in [5.74, 6) is 0. The minimum atomic E-state index is -0.515. The van der Waals surface area contributed by atoms with Crippen molar-refractivity contribution in [3.05, 3.63) is 12.2 Å². The lowest BCUT2D eigenvalue weighted by molar-refractivity contribution is 0.0660. The van der Waals surface area contributed by atoms with Crippen LogP contribution in [-0.2, 0) is 0 Å². The SMILES string of the molecule is C/C=C/C1(O)CCCCCCCCCCCCC1. The number of rotatable bonds is 1. The molecule has 0 atom stereocenters. The van der Waals surface area contributed by atoms with Crippen molar-refractivity contribution < 1.29 is 5.11 Å². The topological polar surface area (TPSA) is 20.2 Å². The Hall–Kier alpha value is -0.300. The summed E-state index contributed by atoms with van der Waals surface area (Å²) in [7, 11) is 0. The standard InChI is InChI=1S/C17H32O/c1-2-14-17(18)15-12-10-8-6-4-3-5-7-9-11-13-16-17/h2,14,18H,3-13,15-16H2,1H3/b14-2+. The van der Waals surface area contributed by atoms with E-state index in [0.717, 1.165) is 12.8 Å². The van der Waals surface area contributed by atoms with Crippen molar-refractivity contribution in [3.63, 3.8) is 0 Å². The maximum Gasteiger partial charge on any atom is 0.0827 e. The van der Waals surface area contributed by atoms with E-state index in [0.29, 0.717) is 0 Å². The Morgan fingerprint density at radius 2 is 1.00 bits per heavy atom. The summed E-state index contributed by atoms with van der Waals surface area (Å²) in [4.78, 5) is 0. The van der Waals surface area contributed by atoms with Gasteiger partial charge in [-0.2, -0.15) is 0 Å². The van der Waals surface area contributed by atoms with E-state index in [-0.39, 0.29) is 0 Å². The molecule has 0 amide bonds. The molecule has 1 fully saturated rings. The number of hydrogen-bond acceptors (Lipinski definition) is 1. The molecular weight excluding hydrogens is 220 g/mol. The third-order valence-electron chi connectivity index (χ3n) is 4.20. The number of aliphatic hydroxyl groups is 1. The Bertz CT molecular complexity index is 206. The minimum Gasteiger partial charge on any atom is -0.386 e. The maximum absolute atomic E-state index is 10.6. The van der Waals surface area contributed by atoms with Crippen LogP contribution in [0.1, 0.15) is 90.4 Å². The third kappa shape index (κ3) is 7.20. The highest BCUT2D eigenvalue weighted by atomic mass is 16.3. The highest BCUT2D eigenvalue weighted by molar-refractivity contribution is 4.99. The van der Waals surface area contributed by atoms with E-state index >= 15 is 0 Å². The van der Waals surface area contributed by atoms with Gasteiger partial charge in [-0.25, -0.2) is 0 Å². The summed E-state index contributed by atoms with van der Waals surface area (Å²) in [6.07, 6.45) is 20.7. The third-order valence-corrected chi connectivity index (χ3v) is 4.20. The zero-order valence-electron chi connectivity index (χ0n) is 12.3. The van der Waals surface area contributed by atoms with Crippen LogP contribution in [-0.4, -0.2) is 10.7 Å². The van der Waals surface area contributed by atoms with Crippen molar-refractivity contribution in [2.45, 2.75) is 96.0 Å². The van der Waals surface area contributed by atoms with E-state index in [4.69, 9.17) is 0 Å². The molecule has 0 spiro atoms. The van der Waals surface area contributed by atoms with Gasteiger partial charge in [0.2, 0.25) is 0 Å². The predicted molar refractivity (Wildman–Crippen MR) is 79.8 cm³/mol. The Morgan fingerprint density at radius 1 is 0.667 bits per heavy atom. The van der Waals surface area contributed by atoms with Gasteiger partial charge >= 0.3 is 0 Å². The Labute approximate surface area is 114 Å². The molecule has 0 bridgehead atoms. The quantitative estimate of drug-likeness (QED) is 0.621. The van der Waals surface area contributed by atoms with Crippen molar-refractivity contribution in [3.8, 4) is 0 Å². The number of hydrogen-bond donors (Lipinski definition) is 1. The van der Waals surface area contributed by atoms with Gasteiger partial charge in [0, 0.05) is 0 Å². The van der Waals surface area contributed by atoms with Crippen LogP contribution in [0.5, 0.6) is 0 Å². The molecule has 1 aliphatic carbocycles. The van der Waals surface area contributed by atoms with Crippen LogP contribution in [0.3, 0.4) is 0 Å². The van der Waals surface area contributed by atoms with Crippen molar-refractivity contribution in [1.29, 1.82) is 0 Å². The molecule has 106 valence electrons. The van der Waals surface area contributed by atoms with Gasteiger partial charge < -0.3 is 5.11 Å². The molecule has 1 nitrogen and oxygen atoms in total. The van der Waals surface area contributed by atoms with E-state index in [1.165, 1.54) is 70.6 Å². The van der Waals surface area contributed by atoms with Crippen LogP contribution < -0.4 is 0 Å². The Balaban J connectivity index is 2.38. The molecule has 0 aromatic rings. The van der Waals surface area contributed by atoms with Gasteiger partial charge in [0.1, 0.15) is 0 Å². The van der Waals surface area contributed by atoms with Crippen molar-refractivity contribution in [1.82, 2.24) is 0 Å². The molecule has 18 heavy (non-hydrogen) atoms. The van der Waals surface area contributed by atoms with Gasteiger partial charge in [0.15, 0.2) is 0 Å². The van der Waals surface area contributed by atoms with Gasteiger partial charge in [-0.05, 0) is 19.8 Å². The first kappa shape index (κ1) is 15.8. The zero-order chi connectivity index (χ0) is 13.1. The molecule has 0 aliphatic heterocycles. The second-order valence-electron chi connectivity index (χ2n) is 5.99. The average molecular weight is 252 g/mol. The smallest absolute Gasteiger partial charge is 0.0827 e. The lowest BCUT2D eigenvalue weighted by Crippen LogP contribution is -2.25. The predicted octanol–water partition coefficient (Wildman–Crippen LogP) is 5.38. The van der Waals surface area contributed by atoms with Gasteiger partial charge in [-0.1, -0.05) is 82.8 Å². The fourth-order valence-corrected chi connectivity index (χ4v) is 3.06. The summed E-state index contributed by atoms with van der Waals surface area (Å²) < 4.78 is 0. The van der Waals surface area contributed by atoms with Gasteiger partial charge in [-0.3, -0.25) is 0 Å². The van der Waals surface area contributed by atoms with Crippen LogP contribution >= 0.6 is 0 Å². The summed E-state index contributed by atoms with van der Waals surface area (Å²) in [6, 6.07) is 0. The molecule has 0 unspecified atom stereocenters. The van der Waals surface area contributed by atoms with Crippen molar-refractivity contribution in [2.75, 3.05) is 0 Å². The van der Waals surface area contributed by atoms with E-state index in [1.54, 1.807) is 0 Å². The van der Waals surface area contributed by atoms with Crippen LogP contribution in [0.4, 0.5) is 0 Å². The molecule has 0 aromatic heterocycles. The molecule has 0 aromatic carbocycles. The van der Waals surface area contributed by atoms with Gasteiger partial charge in [0.05, 0.1) is 5.60 Å². The molecule has 1 heteroatoms. The largest absolute Gasteiger partial charge is 0.386 e. The first-order valence-corrected chi connectivity index (χ1v) is 8.13. The second kappa shape index (κ2) is 9.61. The van der Waals surface area contributed by atoms with Gasteiger partial charge in [-0.15, -0.1) is 0 Å². The van der Waals surface area contributed by atoms with Crippen molar-refractivity contribution in [2.24, 2.45) is 0 Å². The van der Waals surface area contributed by atoms with Crippen LogP contribution in [0.15, 0.2) is 12.2 Å². The van der Waals surface area contributed by atoms with E-state index in [9.17, 15) is 5.11 Å². The highest BCUT2D eigenvalue weighted by Gasteiger charge is 2.21. The Kier molecular flexibility index (Phi) is 8.41. The van der Waals surface area contributed by atoms with Crippen molar-refractivity contribution >= 4 is 0 Å². The summed E-state index contributed by atoms with van der Waals surface area (Å²) in [6.45, 7) is 2.02. The highest BCUT2D eigenvalue weighted by Crippen LogP contribution is 2.25. The minimum absolute atomic E-state index is 0.515. The molecule has 1 N–H and O–H groups in total. The average Bonchev–Trinajstić information content (AvgIpc) is 2.35. The second-order valence-corrected chi connectivity index (χ2v) is 5.99. The number of allylic oxidation sites excluding steroid dienone is 1. The van der Waals surface area contributed by atoms with E-state index < -0.39 is 5.60 Å². The molecule has 0 radical (unpaired) electrons. The van der Waals surface area contributed by atoms with Crippen LogP contribution in [0, 0.1) is 0 Å². The zero-order valence-corrected chi connectivity index (χ0v) is 12.3. The maximum atomic E-state index is 10.6. The molecule has 0 heterocycles. The molecule has 1 saturated carbocycles. The van der Waals surface area contributed by atoms with Gasteiger partial charge in [0.25, 0.3) is 0 Å². The fraction of sp³-hybridized carbons (Fsp3) is 0.882. The molecule has 0 saturated heterocycles. The van der Waals surface area contributed by atoms with Crippen LogP contribution in [0.25, 0.3) is 0 Å². The molecular formula is C17H32O. The normalized spacial score (nSPS) is 24.8. The van der Waals surface area contributed by atoms with Crippen LogP contribution in [0.2, 0.25) is 0 Å². The Morgan fingerprint density at radius 3 is 1.33 bits per heavy atom. The summed E-state index contributed by atoms with van der Waals surface area (Å²) >= 11 is 0. The fourth-order valence-electron chi connectivity index (χ4n) is 3.06. The summed E-state index contributed by atoms with van der Waals surface area (Å²) in [5, 5.41) is 10.6. The monoisotopic (exact) mass is 252 g/mol. The lowest BCUT2D eigenvalue weighted by atomic mass is 9.89.